The summed E-state index contributed by atoms with van der Waals surface area (Å²) in [5.41, 5.74) is 10.6. The number of para-hydroxylation sites is 1. The normalized spacial score (nSPS) is 11.7. The van der Waals surface area contributed by atoms with E-state index in [4.69, 9.17) is 10.5 Å². The van der Waals surface area contributed by atoms with Gasteiger partial charge in [0.1, 0.15) is 6.10 Å². The zero-order chi connectivity index (χ0) is 18.8. The minimum atomic E-state index is -0.500. The summed E-state index contributed by atoms with van der Waals surface area (Å²) in [4.78, 5) is 12.2. The minimum Gasteiger partial charge on any atom is -0.441 e. The molecule has 136 valence electrons. The molecule has 1 amide bonds. The Bertz CT molecular complexity index is 748. The Morgan fingerprint density at radius 3 is 2.58 bits per heavy atom. The Kier molecular flexibility index (Phi) is 7.57. The third-order valence-electron chi connectivity index (χ3n) is 3.54. The molecule has 0 heterocycles. The average Bonchev–Trinajstić information content (AvgIpc) is 2.62. The van der Waals surface area contributed by atoms with E-state index in [1.807, 2.05) is 49.4 Å². The molecule has 0 aliphatic heterocycles. The number of ether oxygens (including phenoxy) is 1. The first-order valence-corrected chi connectivity index (χ1v) is 8.61. The summed E-state index contributed by atoms with van der Waals surface area (Å²) in [6.45, 7) is 2.01. The molecule has 7 heteroatoms. The van der Waals surface area contributed by atoms with E-state index in [2.05, 4.69) is 28.1 Å². The number of thiocarbonyl (C=S) groups is 1. The molecule has 1 atom stereocenters. The zero-order valence-electron chi connectivity index (χ0n) is 14.5. The average molecular weight is 370 g/mol. The first-order chi connectivity index (χ1) is 12.5. The van der Waals surface area contributed by atoms with E-state index in [1.54, 1.807) is 18.3 Å². The van der Waals surface area contributed by atoms with Crippen LogP contribution >= 0.6 is 12.2 Å². The molecule has 0 radical (unpaired) electrons. The summed E-state index contributed by atoms with van der Waals surface area (Å²) in [6.07, 6.45) is 1.93. The van der Waals surface area contributed by atoms with E-state index in [9.17, 15) is 4.79 Å². The monoisotopic (exact) mass is 370 g/mol. The Hall–Kier alpha value is -2.93. The van der Waals surface area contributed by atoms with E-state index >= 15 is 0 Å². The van der Waals surface area contributed by atoms with Crippen LogP contribution in [0.15, 0.2) is 59.7 Å². The maximum atomic E-state index is 12.2. The van der Waals surface area contributed by atoms with Crippen molar-refractivity contribution in [1.82, 2.24) is 5.43 Å². The summed E-state index contributed by atoms with van der Waals surface area (Å²) in [5.74, 6) is 0. The van der Waals surface area contributed by atoms with Gasteiger partial charge in [0.05, 0.1) is 0 Å². The maximum Gasteiger partial charge on any atom is 0.412 e. The molecule has 26 heavy (non-hydrogen) atoms. The van der Waals surface area contributed by atoms with Gasteiger partial charge in [-0.05, 0) is 49.7 Å². The minimum absolute atomic E-state index is 0.106. The third-order valence-corrected chi connectivity index (χ3v) is 3.63. The van der Waals surface area contributed by atoms with Crippen molar-refractivity contribution in [3.05, 3.63) is 65.7 Å². The number of nitrogens with zero attached hydrogens (tertiary/aromatic N) is 1. The molecule has 1 unspecified atom stereocenters. The topological polar surface area (TPSA) is 88.7 Å². The van der Waals surface area contributed by atoms with Gasteiger partial charge in [0.2, 0.25) is 0 Å². The van der Waals surface area contributed by atoms with Crippen molar-refractivity contribution in [1.29, 1.82) is 0 Å². The summed E-state index contributed by atoms with van der Waals surface area (Å²) in [6, 6.07) is 17.1. The number of hydrogen-bond donors (Lipinski definition) is 3. The largest absolute Gasteiger partial charge is 0.441 e. The summed E-state index contributed by atoms with van der Waals surface area (Å²) in [7, 11) is 0. The number of carbonyl (C=O) groups excluding carboxylic acids is 1. The highest BCUT2D eigenvalue weighted by atomic mass is 32.1. The van der Waals surface area contributed by atoms with Crippen LogP contribution in [0, 0.1) is 6.92 Å². The number of carbonyl (C=O) groups is 1. The SMILES string of the molecule is Cc1ccc(C(CCC=NNC(N)=S)OC(=O)Nc2ccccc2)cc1. The Morgan fingerprint density at radius 1 is 1.23 bits per heavy atom. The van der Waals surface area contributed by atoms with Crippen molar-refractivity contribution >= 4 is 35.3 Å². The van der Waals surface area contributed by atoms with Crippen LogP contribution in [0.4, 0.5) is 10.5 Å². The second-order valence-electron chi connectivity index (χ2n) is 5.66. The molecule has 0 aliphatic carbocycles. The highest BCUT2D eigenvalue weighted by Gasteiger charge is 2.16. The van der Waals surface area contributed by atoms with Crippen LogP contribution in [0.25, 0.3) is 0 Å². The summed E-state index contributed by atoms with van der Waals surface area (Å²) < 4.78 is 5.63. The lowest BCUT2D eigenvalue weighted by Gasteiger charge is -2.18. The molecule has 0 spiro atoms. The van der Waals surface area contributed by atoms with Gasteiger partial charge in [-0.2, -0.15) is 5.10 Å². The van der Waals surface area contributed by atoms with Crippen LogP contribution in [0.1, 0.15) is 30.1 Å². The van der Waals surface area contributed by atoms with Crippen LogP contribution in [0.3, 0.4) is 0 Å². The van der Waals surface area contributed by atoms with Gasteiger partial charge in [-0.15, -0.1) is 0 Å². The van der Waals surface area contributed by atoms with E-state index in [0.29, 0.717) is 18.5 Å². The quantitative estimate of drug-likeness (QED) is 0.391. The standard InChI is InChI=1S/C19H22N4O2S/c1-14-9-11-15(12-10-14)17(8-5-13-21-23-18(20)26)25-19(24)22-16-6-3-2-4-7-16/h2-4,6-7,9-13,17H,5,8H2,1H3,(H,22,24)(H3,20,23,26). The molecule has 4 N–H and O–H groups in total. The predicted octanol–water partition coefficient (Wildman–Crippen LogP) is 3.88. The number of nitrogens with one attached hydrogen (secondary N) is 2. The molecule has 0 saturated carbocycles. The summed E-state index contributed by atoms with van der Waals surface area (Å²) in [5, 5.41) is 6.74. The fourth-order valence-corrected chi connectivity index (χ4v) is 2.33. The summed E-state index contributed by atoms with van der Waals surface area (Å²) >= 11 is 4.68. The number of aryl methyl sites for hydroxylation is 1. The lowest BCUT2D eigenvalue weighted by molar-refractivity contribution is 0.107. The van der Waals surface area contributed by atoms with Crippen molar-refractivity contribution in [2.45, 2.75) is 25.9 Å². The van der Waals surface area contributed by atoms with Gasteiger partial charge in [-0.25, -0.2) is 4.79 Å². The van der Waals surface area contributed by atoms with Gasteiger partial charge >= 0.3 is 6.09 Å². The molecule has 2 aromatic rings. The fourth-order valence-electron chi connectivity index (χ4n) is 2.27. The number of hydrogen-bond acceptors (Lipinski definition) is 4. The molecule has 0 aliphatic rings. The predicted molar refractivity (Wildman–Crippen MR) is 108 cm³/mol. The third kappa shape index (κ3) is 6.90. The highest BCUT2D eigenvalue weighted by Crippen LogP contribution is 2.23. The van der Waals surface area contributed by atoms with Crippen molar-refractivity contribution in [3.8, 4) is 0 Å². The van der Waals surface area contributed by atoms with Gasteiger partial charge in [0.25, 0.3) is 0 Å². The molecular formula is C19H22N4O2S. The van der Waals surface area contributed by atoms with Crippen LogP contribution in [-0.2, 0) is 4.74 Å². The van der Waals surface area contributed by atoms with Gasteiger partial charge in [-0.3, -0.25) is 10.7 Å². The fraction of sp³-hybridized carbons (Fsp3) is 0.211. The second kappa shape index (κ2) is 10.1. The Balaban J connectivity index is 2.00. The van der Waals surface area contributed by atoms with Gasteiger partial charge in [-0.1, -0.05) is 48.0 Å². The van der Waals surface area contributed by atoms with Crippen LogP contribution in [0.2, 0.25) is 0 Å². The molecule has 6 nitrogen and oxygen atoms in total. The van der Waals surface area contributed by atoms with E-state index in [0.717, 1.165) is 11.1 Å². The number of amides is 1. The number of hydrazone groups is 1. The first kappa shape index (κ1) is 19.4. The second-order valence-corrected chi connectivity index (χ2v) is 6.10. The van der Waals surface area contributed by atoms with Gasteiger partial charge < -0.3 is 10.5 Å². The van der Waals surface area contributed by atoms with Crippen molar-refractivity contribution in [2.75, 3.05) is 5.32 Å². The van der Waals surface area contributed by atoms with Crippen molar-refractivity contribution in [3.63, 3.8) is 0 Å². The first-order valence-electron chi connectivity index (χ1n) is 8.21. The maximum absolute atomic E-state index is 12.2. The highest BCUT2D eigenvalue weighted by molar-refractivity contribution is 7.80. The smallest absolute Gasteiger partial charge is 0.412 e. The van der Waals surface area contributed by atoms with E-state index < -0.39 is 12.2 Å². The van der Waals surface area contributed by atoms with Crippen LogP contribution < -0.4 is 16.5 Å². The van der Waals surface area contributed by atoms with Crippen molar-refractivity contribution < 1.29 is 9.53 Å². The molecular weight excluding hydrogens is 348 g/mol. The van der Waals surface area contributed by atoms with Crippen molar-refractivity contribution in [2.24, 2.45) is 10.8 Å². The van der Waals surface area contributed by atoms with Gasteiger partial charge in [0.15, 0.2) is 5.11 Å². The molecule has 2 rings (SSSR count). The van der Waals surface area contributed by atoms with Crippen LogP contribution in [-0.4, -0.2) is 17.4 Å². The lowest BCUT2D eigenvalue weighted by atomic mass is 10.0. The number of nitrogens with two attached hydrogens (primary N) is 1. The lowest BCUT2D eigenvalue weighted by Crippen LogP contribution is -2.24. The molecule has 0 fully saturated rings. The molecule has 0 aromatic heterocycles. The van der Waals surface area contributed by atoms with E-state index in [-0.39, 0.29) is 5.11 Å². The number of anilines is 1. The molecule has 0 saturated heterocycles. The van der Waals surface area contributed by atoms with E-state index in [1.165, 1.54) is 0 Å². The zero-order valence-corrected chi connectivity index (χ0v) is 15.3. The number of rotatable bonds is 7. The molecule has 0 bridgehead atoms. The number of benzene rings is 2. The molecule has 2 aromatic carbocycles. The van der Waals surface area contributed by atoms with Gasteiger partial charge in [0, 0.05) is 11.9 Å². The Morgan fingerprint density at radius 2 is 1.92 bits per heavy atom. The van der Waals surface area contributed by atoms with Crippen LogP contribution in [0.5, 0.6) is 0 Å². The Labute approximate surface area is 158 Å².